The van der Waals surface area contributed by atoms with Gasteiger partial charge in [-0.05, 0) is 23.8 Å². The highest BCUT2D eigenvalue weighted by Crippen LogP contribution is 2.19. The lowest BCUT2D eigenvalue weighted by atomic mass is 10.1. The molecule has 1 aliphatic heterocycles. The lowest BCUT2D eigenvalue weighted by molar-refractivity contribution is -0.135. The predicted octanol–water partition coefficient (Wildman–Crippen LogP) is 1.94. The van der Waals surface area contributed by atoms with E-state index in [0.717, 1.165) is 5.56 Å². The summed E-state index contributed by atoms with van der Waals surface area (Å²) in [6.45, 7) is 1.81. The van der Waals surface area contributed by atoms with Crippen molar-refractivity contribution in [2.24, 2.45) is 0 Å². The van der Waals surface area contributed by atoms with E-state index in [0.29, 0.717) is 24.4 Å². The van der Waals surface area contributed by atoms with Crippen molar-refractivity contribution in [3.63, 3.8) is 0 Å². The van der Waals surface area contributed by atoms with Crippen LogP contribution in [0.4, 0.5) is 0 Å². The van der Waals surface area contributed by atoms with Gasteiger partial charge in [0, 0.05) is 18.9 Å². The van der Waals surface area contributed by atoms with Crippen molar-refractivity contribution in [3.8, 4) is 5.75 Å². The van der Waals surface area contributed by atoms with Gasteiger partial charge in [-0.1, -0.05) is 12.1 Å². The zero-order valence-electron chi connectivity index (χ0n) is 9.43. The van der Waals surface area contributed by atoms with Crippen LogP contribution in [0.2, 0.25) is 0 Å². The zero-order chi connectivity index (χ0) is 12.3. The summed E-state index contributed by atoms with van der Waals surface area (Å²) in [6.07, 6.45) is 2.43. The van der Waals surface area contributed by atoms with Crippen molar-refractivity contribution >= 4 is 18.0 Å². The van der Waals surface area contributed by atoms with Gasteiger partial charge in [0.05, 0.1) is 6.61 Å². The van der Waals surface area contributed by atoms with Gasteiger partial charge < -0.3 is 9.47 Å². The molecule has 1 heterocycles. The average molecular weight is 232 g/mol. The number of rotatable bonds is 2. The second kappa shape index (κ2) is 4.82. The van der Waals surface area contributed by atoms with Gasteiger partial charge in [-0.2, -0.15) is 0 Å². The Morgan fingerprint density at radius 1 is 1.35 bits per heavy atom. The largest absolute Gasteiger partial charge is 0.462 e. The van der Waals surface area contributed by atoms with Crippen LogP contribution >= 0.6 is 0 Å². The Balaban J connectivity index is 2.13. The molecule has 0 saturated carbocycles. The topological polar surface area (TPSA) is 52.6 Å². The van der Waals surface area contributed by atoms with E-state index in [4.69, 9.17) is 9.47 Å². The van der Waals surface area contributed by atoms with Crippen molar-refractivity contribution < 1.29 is 19.1 Å². The SMILES string of the molecule is CC(=O)Oc1ccc(/C=C2/CCOC2=O)cc1. The van der Waals surface area contributed by atoms with E-state index < -0.39 is 0 Å². The van der Waals surface area contributed by atoms with Gasteiger partial charge >= 0.3 is 11.9 Å². The molecule has 1 aliphatic rings. The van der Waals surface area contributed by atoms with Crippen LogP contribution in [0.25, 0.3) is 6.08 Å². The Kier molecular flexibility index (Phi) is 3.23. The highest BCUT2D eigenvalue weighted by molar-refractivity contribution is 5.95. The maximum atomic E-state index is 11.2. The lowest BCUT2D eigenvalue weighted by Crippen LogP contribution is -2.00. The molecule has 17 heavy (non-hydrogen) atoms. The summed E-state index contributed by atoms with van der Waals surface area (Å²) in [5.41, 5.74) is 1.56. The Morgan fingerprint density at radius 3 is 2.59 bits per heavy atom. The standard InChI is InChI=1S/C13H12O4/c1-9(14)17-12-4-2-10(3-5-12)8-11-6-7-16-13(11)15/h2-5,8H,6-7H2,1H3/b11-8-. The molecule has 0 atom stereocenters. The molecule has 1 saturated heterocycles. The molecule has 0 N–H and O–H groups in total. The fraction of sp³-hybridized carbons (Fsp3) is 0.231. The second-order valence-electron chi connectivity index (χ2n) is 3.72. The lowest BCUT2D eigenvalue weighted by Gasteiger charge is -2.01. The number of benzene rings is 1. The van der Waals surface area contributed by atoms with Crippen LogP contribution in [0.1, 0.15) is 18.9 Å². The van der Waals surface area contributed by atoms with Gasteiger partial charge in [-0.3, -0.25) is 4.79 Å². The molecular formula is C13H12O4. The molecule has 0 amide bonds. The van der Waals surface area contributed by atoms with Crippen molar-refractivity contribution in [3.05, 3.63) is 35.4 Å². The highest BCUT2D eigenvalue weighted by atomic mass is 16.5. The van der Waals surface area contributed by atoms with E-state index in [2.05, 4.69) is 0 Å². The van der Waals surface area contributed by atoms with E-state index >= 15 is 0 Å². The number of carbonyl (C=O) groups is 2. The molecule has 4 heteroatoms. The Bertz CT molecular complexity index is 471. The number of ether oxygens (including phenoxy) is 2. The summed E-state index contributed by atoms with van der Waals surface area (Å²) in [5, 5.41) is 0. The minimum atomic E-state index is -0.351. The smallest absolute Gasteiger partial charge is 0.334 e. The van der Waals surface area contributed by atoms with Crippen LogP contribution in [0.3, 0.4) is 0 Å². The highest BCUT2D eigenvalue weighted by Gasteiger charge is 2.18. The third kappa shape index (κ3) is 2.93. The van der Waals surface area contributed by atoms with Crippen molar-refractivity contribution in [2.75, 3.05) is 6.61 Å². The Hall–Kier alpha value is -2.10. The van der Waals surface area contributed by atoms with E-state index in [1.54, 1.807) is 30.3 Å². The second-order valence-corrected chi connectivity index (χ2v) is 3.72. The summed E-state index contributed by atoms with van der Waals surface area (Å²) in [6, 6.07) is 6.95. The molecular weight excluding hydrogens is 220 g/mol. The molecule has 0 aliphatic carbocycles. The van der Waals surface area contributed by atoms with Crippen molar-refractivity contribution in [1.82, 2.24) is 0 Å². The first-order valence-electron chi connectivity index (χ1n) is 5.31. The molecule has 0 spiro atoms. The first-order chi connectivity index (χ1) is 8.15. The minimum absolute atomic E-state index is 0.255. The molecule has 2 rings (SSSR count). The third-order valence-electron chi connectivity index (χ3n) is 2.35. The molecule has 1 aromatic rings. The molecule has 1 aromatic carbocycles. The van der Waals surface area contributed by atoms with Crippen LogP contribution in [0.15, 0.2) is 29.8 Å². The van der Waals surface area contributed by atoms with Crippen LogP contribution in [0, 0.1) is 0 Å². The Labute approximate surface area is 98.8 Å². The fourth-order valence-electron chi connectivity index (χ4n) is 1.58. The van der Waals surface area contributed by atoms with Crippen LogP contribution in [-0.2, 0) is 14.3 Å². The maximum absolute atomic E-state index is 11.2. The molecule has 4 nitrogen and oxygen atoms in total. The number of esters is 2. The summed E-state index contributed by atoms with van der Waals surface area (Å²) < 4.78 is 9.75. The maximum Gasteiger partial charge on any atom is 0.334 e. The first-order valence-corrected chi connectivity index (χ1v) is 5.31. The number of hydrogen-bond acceptors (Lipinski definition) is 4. The molecule has 0 unspecified atom stereocenters. The summed E-state index contributed by atoms with van der Waals surface area (Å²) >= 11 is 0. The van der Waals surface area contributed by atoms with E-state index in [1.165, 1.54) is 6.92 Å². The van der Waals surface area contributed by atoms with E-state index in [1.807, 2.05) is 0 Å². The monoisotopic (exact) mass is 232 g/mol. The zero-order valence-corrected chi connectivity index (χ0v) is 9.43. The van der Waals surface area contributed by atoms with E-state index in [9.17, 15) is 9.59 Å². The van der Waals surface area contributed by atoms with E-state index in [-0.39, 0.29) is 11.9 Å². The normalized spacial score (nSPS) is 17.0. The average Bonchev–Trinajstić information content (AvgIpc) is 2.67. The third-order valence-corrected chi connectivity index (χ3v) is 2.35. The minimum Gasteiger partial charge on any atom is -0.462 e. The number of hydrogen-bond donors (Lipinski definition) is 0. The van der Waals surface area contributed by atoms with Gasteiger partial charge in [0.2, 0.25) is 0 Å². The van der Waals surface area contributed by atoms with Crippen LogP contribution < -0.4 is 4.74 Å². The summed E-state index contributed by atoms with van der Waals surface area (Å²) in [4.78, 5) is 22.0. The number of carbonyl (C=O) groups excluding carboxylic acids is 2. The fourth-order valence-corrected chi connectivity index (χ4v) is 1.58. The van der Waals surface area contributed by atoms with Gasteiger partial charge in [-0.25, -0.2) is 4.79 Å². The first kappa shape index (κ1) is 11.4. The number of cyclic esters (lactones) is 1. The van der Waals surface area contributed by atoms with Crippen LogP contribution in [-0.4, -0.2) is 18.5 Å². The molecule has 0 aromatic heterocycles. The van der Waals surface area contributed by atoms with Crippen molar-refractivity contribution in [2.45, 2.75) is 13.3 Å². The van der Waals surface area contributed by atoms with Gasteiger partial charge in [-0.15, -0.1) is 0 Å². The van der Waals surface area contributed by atoms with Gasteiger partial charge in [0.1, 0.15) is 5.75 Å². The van der Waals surface area contributed by atoms with Crippen molar-refractivity contribution in [1.29, 1.82) is 0 Å². The van der Waals surface area contributed by atoms with Crippen LogP contribution in [0.5, 0.6) is 5.75 Å². The predicted molar refractivity (Wildman–Crippen MR) is 61.3 cm³/mol. The molecule has 0 radical (unpaired) electrons. The molecule has 1 fully saturated rings. The quantitative estimate of drug-likeness (QED) is 0.444. The Morgan fingerprint density at radius 2 is 2.06 bits per heavy atom. The van der Waals surface area contributed by atoms with Gasteiger partial charge in [0.15, 0.2) is 0 Å². The molecule has 0 bridgehead atoms. The molecule has 88 valence electrons. The summed E-state index contributed by atoms with van der Waals surface area (Å²) in [5.74, 6) is -0.113. The van der Waals surface area contributed by atoms with Gasteiger partial charge in [0.25, 0.3) is 0 Å². The summed E-state index contributed by atoms with van der Waals surface area (Å²) in [7, 11) is 0.